The van der Waals surface area contributed by atoms with E-state index in [4.69, 9.17) is 4.84 Å². The van der Waals surface area contributed by atoms with Gasteiger partial charge in [-0.15, -0.1) is 0 Å². The second-order valence-corrected chi connectivity index (χ2v) is 7.96. The van der Waals surface area contributed by atoms with Gasteiger partial charge in [-0.2, -0.15) is 0 Å². The minimum atomic E-state index is 0.321. The molecule has 0 fully saturated rings. The van der Waals surface area contributed by atoms with Gasteiger partial charge in [0.1, 0.15) is 6.10 Å². The van der Waals surface area contributed by atoms with E-state index in [1.807, 2.05) is 0 Å². The molecule has 0 N–H and O–H groups in total. The van der Waals surface area contributed by atoms with Crippen LogP contribution < -0.4 is 0 Å². The van der Waals surface area contributed by atoms with E-state index in [0.29, 0.717) is 6.10 Å². The first-order chi connectivity index (χ1) is 12.6. The summed E-state index contributed by atoms with van der Waals surface area (Å²) in [6.45, 7) is 11.0. The normalized spacial score (nSPS) is 13.4. The van der Waals surface area contributed by atoms with Crippen LogP contribution in [0.4, 0.5) is 0 Å². The van der Waals surface area contributed by atoms with Crippen LogP contribution in [0.15, 0.2) is 5.16 Å². The summed E-state index contributed by atoms with van der Waals surface area (Å²) in [5, 5.41) is 4.46. The summed E-state index contributed by atoms with van der Waals surface area (Å²) in [7, 11) is 2.16. The molecule has 0 spiro atoms. The van der Waals surface area contributed by atoms with Gasteiger partial charge in [0.25, 0.3) is 0 Å². The van der Waals surface area contributed by atoms with Gasteiger partial charge in [-0.25, -0.2) is 0 Å². The largest absolute Gasteiger partial charge is 0.393 e. The fourth-order valence-corrected chi connectivity index (χ4v) is 3.10. The number of nitrogens with zero attached hydrogens (tertiary/aromatic N) is 2. The first-order valence-corrected chi connectivity index (χ1v) is 11.5. The fourth-order valence-electron chi connectivity index (χ4n) is 3.10. The molecule has 0 saturated carbocycles. The Kier molecular flexibility index (Phi) is 18.8. The summed E-state index contributed by atoms with van der Waals surface area (Å²) in [6, 6.07) is 0. The molecular formula is C23H48N2O. The Bertz CT molecular complexity index is 317. The van der Waals surface area contributed by atoms with Crippen molar-refractivity contribution in [3.05, 3.63) is 0 Å². The van der Waals surface area contributed by atoms with Crippen molar-refractivity contribution in [2.24, 2.45) is 5.16 Å². The van der Waals surface area contributed by atoms with Gasteiger partial charge in [-0.1, -0.05) is 83.7 Å². The van der Waals surface area contributed by atoms with Gasteiger partial charge in [0, 0.05) is 13.0 Å². The third kappa shape index (κ3) is 16.9. The van der Waals surface area contributed by atoms with Crippen LogP contribution in [0.25, 0.3) is 0 Å². The summed E-state index contributed by atoms with van der Waals surface area (Å²) in [4.78, 5) is 8.29. The summed E-state index contributed by atoms with van der Waals surface area (Å²) in [5.41, 5.74) is 1.13. The van der Waals surface area contributed by atoms with Crippen LogP contribution in [0.5, 0.6) is 0 Å². The van der Waals surface area contributed by atoms with Gasteiger partial charge < -0.3 is 9.74 Å². The SMILES string of the molecule is CCCCCCCCC(CCCCCCC)O/N=C(/C)CCN(C)CC. The molecule has 0 saturated heterocycles. The molecule has 1 atom stereocenters. The van der Waals surface area contributed by atoms with E-state index in [1.54, 1.807) is 0 Å². The van der Waals surface area contributed by atoms with E-state index in [2.05, 4.69) is 44.8 Å². The lowest BCUT2D eigenvalue weighted by molar-refractivity contribution is 0.0424. The van der Waals surface area contributed by atoms with Crippen molar-refractivity contribution in [1.29, 1.82) is 0 Å². The summed E-state index contributed by atoms with van der Waals surface area (Å²) in [5.74, 6) is 0. The molecule has 0 aliphatic heterocycles. The maximum atomic E-state index is 5.97. The van der Waals surface area contributed by atoms with Crippen molar-refractivity contribution in [3.8, 4) is 0 Å². The van der Waals surface area contributed by atoms with Crippen LogP contribution in [-0.2, 0) is 4.84 Å². The standard InChI is InChI=1S/C23H48N2O/c1-6-9-11-13-15-17-19-23(18-16-14-12-10-7-2)26-24-22(4)20-21-25(5)8-3/h23H,6-21H2,1-5H3/b24-22-. The Balaban J connectivity index is 4.15. The number of hydrogen-bond donors (Lipinski definition) is 0. The first-order valence-electron chi connectivity index (χ1n) is 11.5. The van der Waals surface area contributed by atoms with Gasteiger partial charge >= 0.3 is 0 Å². The Morgan fingerprint density at radius 1 is 0.808 bits per heavy atom. The number of rotatable bonds is 19. The molecule has 0 aliphatic carbocycles. The van der Waals surface area contributed by atoms with Crippen LogP contribution in [0, 0.1) is 0 Å². The van der Waals surface area contributed by atoms with Crippen LogP contribution in [0.3, 0.4) is 0 Å². The highest BCUT2D eigenvalue weighted by Crippen LogP contribution is 2.17. The van der Waals surface area contributed by atoms with Crippen LogP contribution in [0.1, 0.15) is 118 Å². The molecule has 26 heavy (non-hydrogen) atoms. The topological polar surface area (TPSA) is 24.8 Å². The predicted molar refractivity (Wildman–Crippen MR) is 117 cm³/mol. The Labute approximate surface area is 164 Å². The van der Waals surface area contributed by atoms with Gasteiger partial charge in [0.2, 0.25) is 0 Å². The molecule has 156 valence electrons. The number of unbranched alkanes of at least 4 members (excludes halogenated alkanes) is 9. The van der Waals surface area contributed by atoms with Crippen LogP contribution in [0.2, 0.25) is 0 Å². The summed E-state index contributed by atoms with van der Waals surface area (Å²) < 4.78 is 0. The molecule has 0 rings (SSSR count). The molecule has 0 amide bonds. The van der Waals surface area contributed by atoms with E-state index in [1.165, 1.54) is 83.5 Å². The lowest BCUT2D eigenvalue weighted by atomic mass is 10.0. The van der Waals surface area contributed by atoms with Gasteiger partial charge in [0.15, 0.2) is 0 Å². The lowest BCUT2D eigenvalue weighted by Gasteiger charge is -2.17. The Morgan fingerprint density at radius 3 is 1.81 bits per heavy atom. The molecule has 0 heterocycles. The fraction of sp³-hybridized carbons (Fsp3) is 0.957. The maximum absolute atomic E-state index is 5.97. The number of hydrogen-bond acceptors (Lipinski definition) is 3. The van der Waals surface area contributed by atoms with Crippen molar-refractivity contribution < 1.29 is 4.84 Å². The molecular weight excluding hydrogens is 320 g/mol. The van der Waals surface area contributed by atoms with Crippen molar-refractivity contribution in [2.75, 3.05) is 20.1 Å². The van der Waals surface area contributed by atoms with E-state index >= 15 is 0 Å². The van der Waals surface area contributed by atoms with E-state index in [-0.39, 0.29) is 0 Å². The van der Waals surface area contributed by atoms with E-state index in [9.17, 15) is 0 Å². The summed E-state index contributed by atoms with van der Waals surface area (Å²) in [6.07, 6.45) is 18.5. The van der Waals surface area contributed by atoms with Crippen molar-refractivity contribution >= 4 is 5.71 Å². The second-order valence-electron chi connectivity index (χ2n) is 7.96. The molecule has 1 unspecified atom stereocenters. The molecule has 3 heteroatoms. The third-order valence-corrected chi connectivity index (χ3v) is 5.26. The highest BCUT2D eigenvalue weighted by molar-refractivity contribution is 5.81. The molecule has 3 nitrogen and oxygen atoms in total. The highest BCUT2D eigenvalue weighted by atomic mass is 16.6. The van der Waals surface area contributed by atoms with E-state index < -0.39 is 0 Å². The van der Waals surface area contributed by atoms with Crippen molar-refractivity contribution in [1.82, 2.24) is 4.90 Å². The minimum Gasteiger partial charge on any atom is -0.393 e. The highest BCUT2D eigenvalue weighted by Gasteiger charge is 2.10. The molecule has 0 aromatic heterocycles. The zero-order valence-electron chi connectivity index (χ0n) is 18.7. The summed E-state index contributed by atoms with van der Waals surface area (Å²) >= 11 is 0. The van der Waals surface area contributed by atoms with Gasteiger partial charge in [-0.05, 0) is 46.2 Å². The monoisotopic (exact) mass is 368 g/mol. The van der Waals surface area contributed by atoms with E-state index in [0.717, 1.165) is 25.2 Å². The molecule has 0 aliphatic rings. The van der Waals surface area contributed by atoms with Gasteiger partial charge in [0.05, 0.1) is 5.71 Å². The predicted octanol–water partition coefficient (Wildman–Crippen LogP) is 7.20. The average Bonchev–Trinajstić information content (AvgIpc) is 2.65. The lowest BCUT2D eigenvalue weighted by Crippen LogP contribution is -2.21. The molecule has 0 aromatic carbocycles. The smallest absolute Gasteiger partial charge is 0.127 e. The quantitative estimate of drug-likeness (QED) is 0.137. The Hall–Kier alpha value is -0.570. The van der Waals surface area contributed by atoms with Gasteiger partial charge in [-0.3, -0.25) is 0 Å². The molecule has 0 radical (unpaired) electrons. The average molecular weight is 369 g/mol. The first kappa shape index (κ1) is 25.4. The van der Waals surface area contributed by atoms with Crippen LogP contribution >= 0.6 is 0 Å². The maximum Gasteiger partial charge on any atom is 0.127 e. The Morgan fingerprint density at radius 2 is 1.31 bits per heavy atom. The molecule has 0 bridgehead atoms. The number of oxime groups is 1. The third-order valence-electron chi connectivity index (χ3n) is 5.26. The van der Waals surface area contributed by atoms with Crippen molar-refractivity contribution in [3.63, 3.8) is 0 Å². The van der Waals surface area contributed by atoms with Crippen LogP contribution in [-0.4, -0.2) is 36.9 Å². The zero-order chi connectivity index (χ0) is 19.5. The zero-order valence-corrected chi connectivity index (χ0v) is 18.7. The minimum absolute atomic E-state index is 0.321. The second kappa shape index (κ2) is 19.2. The van der Waals surface area contributed by atoms with Crippen molar-refractivity contribution in [2.45, 2.75) is 124 Å². The molecule has 0 aromatic rings.